The van der Waals surface area contributed by atoms with Gasteiger partial charge in [0.2, 0.25) is 0 Å². The first-order valence-corrected chi connectivity index (χ1v) is 7.82. The monoisotopic (exact) mass is 322 g/mol. The third-order valence-corrected chi connectivity index (χ3v) is 3.99. The second-order valence-corrected chi connectivity index (χ2v) is 6.99. The zero-order valence-corrected chi connectivity index (χ0v) is 11.4. The van der Waals surface area contributed by atoms with Gasteiger partial charge in [0, 0.05) is 12.0 Å². The molecule has 0 unspecified atom stereocenters. The minimum absolute atomic E-state index is 0.148. The van der Waals surface area contributed by atoms with Crippen LogP contribution in [0.2, 0.25) is 0 Å². The van der Waals surface area contributed by atoms with Crippen molar-refractivity contribution in [3.05, 3.63) is 65.7 Å². The first kappa shape index (κ1) is 15.5. The maximum atomic E-state index is 12.5. The molecule has 7 heteroatoms. The molecule has 0 saturated carbocycles. The van der Waals surface area contributed by atoms with Crippen molar-refractivity contribution in [2.75, 3.05) is 0 Å². The van der Waals surface area contributed by atoms with Crippen LogP contribution in [0.15, 0.2) is 59.5 Å². The van der Waals surface area contributed by atoms with Gasteiger partial charge in [0.1, 0.15) is 4.90 Å². The van der Waals surface area contributed by atoms with Crippen molar-refractivity contribution in [2.45, 2.75) is 11.3 Å². The second-order valence-electron chi connectivity index (χ2n) is 4.58. The number of hydrogen-bond acceptors (Lipinski definition) is 1. The van der Waals surface area contributed by atoms with Gasteiger partial charge in [-0.15, -0.1) is 0 Å². The molecule has 1 nitrogen and oxygen atoms in total. The largest absolute Gasteiger partial charge is 0.310 e. The maximum absolute atomic E-state index is 12.5. The van der Waals surface area contributed by atoms with Crippen molar-refractivity contribution in [3.8, 4) is 0 Å². The predicted molar refractivity (Wildman–Crippen MR) is 72.3 cm³/mol. The Kier molecular flexibility index (Phi) is 3.17. The third kappa shape index (κ3) is 4.04. The summed E-state index contributed by atoms with van der Waals surface area (Å²) in [6, 6.07) is 10.6. The van der Waals surface area contributed by atoms with Crippen molar-refractivity contribution < 1.29 is 24.2 Å². The molecule has 0 aromatic heterocycles. The molecule has 0 saturated heterocycles. The molecule has 0 fully saturated rings. The molecule has 2 aromatic rings. The Morgan fingerprint density at radius 3 is 1.81 bits per heavy atom. The van der Waals surface area contributed by atoms with E-state index in [2.05, 4.69) is 0 Å². The van der Waals surface area contributed by atoms with Crippen LogP contribution in [-0.4, -0.2) is 5.78 Å². The van der Waals surface area contributed by atoms with Crippen molar-refractivity contribution in [1.82, 2.24) is 0 Å². The third-order valence-electron chi connectivity index (χ3n) is 2.83. The van der Waals surface area contributed by atoms with E-state index in [0.29, 0.717) is 17.7 Å². The molecule has 0 aliphatic carbocycles. The average molecular weight is 322 g/mol. The number of halogens is 5. The quantitative estimate of drug-likeness (QED) is 0.516. The first-order valence-electron chi connectivity index (χ1n) is 5.87. The fraction of sp³-hybridized carbons (Fsp3) is 0.0714. The fourth-order valence-corrected chi connectivity index (χ4v) is 2.43. The molecule has 2 rings (SSSR count). The van der Waals surface area contributed by atoms with Crippen LogP contribution < -0.4 is 0 Å². The number of benzene rings is 2. The van der Waals surface area contributed by atoms with Gasteiger partial charge in [0.25, 0.3) is 0 Å². The number of carbonyl (C=O) groups is 1. The number of Topliss-reactive ketones (excluding diaryl/α,β-unsaturated/α-hetero) is 1. The summed E-state index contributed by atoms with van der Waals surface area (Å²) < 4.78 is 62.7. The lowest BCUT2D eigenvalue weighted by Crippen LogP contribution is -2.07. The molecule has 0 aliphatic rings. The van der Waals surface area contributed by atoms with E-state index >= 15 is 0 Å². The zero-order valence-electron chi connectivity index (χ0n) is 10.6. The van der Waals surface area contributed by atoms with Crippen LogP contribution in [0, 0.1) is 0 Å². The highest BCUT2D eigenvalue weighted by molar-refractivity contribution is 8.45. The van der Waals surface area contributed by atoms with E-state index < -0.39 is 15.1 Å². The Hall–Kier alpha value is -1.89. The number of ketones is 1. The van der Waals surface area contributed by atoms with Gasteiger partial charge < -0.3 is 0 Å². The smallest absolute Gasteiger partial charge is 0.294 e. The molecule has 0 bridgehead atoms. The van der Waals surface area contributed by atoms with Gasteiger partial charge >= 0.3 is 10.2 Å². The van der Waals surface area contributed by atoms with Crippen LogP contribution in [0.5, 0.6) is 0 Å². The van der Waals surface area contributed by atoms with E-state index in [-0.39, 0.29) is 17.8 Å². The van der Waals surface area contributed by atoms with Gasteiger partial charge in [-0.25, -0.2) is 0 Å². The Bertz CT molecular complexity index is 662. The Morgan fingerprint density at radius 1 is 0.810 bits per heavy atom. The van der Waals surface area contributed by atoms with Crippen molar-refractivity contribution in [2.24, 2.45) is 0 Å². The number of carbonyl (C=O) groups excluding carboxylic acids is 1. The summed E-state index contributed by atoms with van der Waals surface area (Å²) in [5.74, 6) is -0.296. The van der Waals surface area contributed by atoms with E-state index in [1.54, 1.807) is 30.3 Å². The van der Waals surface area contributed by atoms with Crippen molar-refractivity contribution in [3.63, 3.8) is 0 Å². The summed E-state index contributed by atoms with van der Waals surface area (Å²) in [5, 5.41) is 0. The number of hydrogen-bond donors (Lipinski definition) is 0. The molecule has 0 spiro atoms. The molecule has 0 aliphatic heterocycles. The molecule has 0 radical (unpaired) electrons. The lowest BCUT2D eigenvalue weighted by Gasteiger charge is -2.40. The van der Waals surface area contributed by atoms with E-state index in [1.807, 2.05) is 0 Å². The summed E-state index contributed by atoms with van der Waals surface area (Å²) in [5.41, 5.74) is 0.656. The van der Waals surface area contributed by atoms with Gasteiger partial charge in [-0.1, -0.05) is 61.9 Å². The van der Waals surface area contributed by atoms with Crippen LogP contribution in [0.4, 0.5) is 19.4 Å². The lowest BCUT2D eigenvalue weighted by molar-refractivity contribution is 0.0993. The molecule has 2 aromatic carbocycles. The Balaban J connectivity index is 2.20. The van der Waals surface area contributed by atoms with Crippen LogP contribution in [0.3, 0.4) is 0 Å². The van der Waals surface area contributed by atoms with E-state index in [0.717, 1.165) is 12.1 Å². The summed E-state index contributed by atoms with van der Waals surface area (Å²) in [6.45, 7) is 0. The summed E-state index contributed by atoms with van der Waals surface area (Å²) >= 11 is 0. The molecule has 0 amide bonds. The van der Waals surface area contributed by atoms with Gasteiger partial charge in [0.15, 0.2) is 5.78 Å². The topological polar surface area (TPSA) is 17.1 Å². The molecule has 0 atom stereocenters. The summed E-state index contributed by atoms with van der Waals surface area (Å²) in [6.07, 6.45) is -0.148. The fourth-order valence-electron chi connectivity index (χ4n) is 1.78. The minimum atomic E-state index is -9.65. The molecule has 0 N–H and O–H groups in total. The van der Waals surface area contributed by atoms with E-state index in [1.165, 1.54) is 0 Å². The Labute approximate surface area is 118 Å². The minimum Gasteiger partial charge on any atom is -0.294 e. The molecular formula is C14H11F5OS. The molecule has 114 valence electrons. The Morgan fingerprint density at radius 2 is 1.33 bits per heavy atom. The van der Waals surface area contributed by atoms with Gasteiger partial charge in [0.05, 0.1) is 0 Å². The van der Waals surface area contributed by atoms with Crippen LogP contribution >= 0.6 is 10.2 Å². The normalized spacial score (nSPS) is 15.1. The lowest BCUT2D eigenvalue weighted by atomic mass is 10.0. The van der Waals surface area contributed by atoms with Gasteiger partial charge in [-0.2, -0.15) is 0 Å². The first-order chi connectivity index (χ1) is 9.45. The van der Waals surface area contributed by atoms with Crippen molar-refractivity contribution in [1.29, 1.82) is 0 Å². The maximum Gasteiger partial charge on any atom is 0.310 e. The highest BCUT2D eigenvalue weighted by Gasteiger charge is 2.65. The molecule has 0 heterocycles. The van der Waals surface area contributed by atoms with Crippen molar-refractivity contribution >= 4 is 16.0 Å². The average Bonchev–Trinajstić information content (AvgIpc) is 2.37. The SMILES string of the molecule is O=C(Cc1ccc(S(F)(F)(F)(F)F)cc1)c1ccccc1. The summed E-state index contributed by atoms with van der Waals surface area (Å²) in [7, 11) is -9.65. The van der Waals surface area contributed by atoms with E-state index in [9.17, 15) is 24.2 Å². The standard InChI is InChI=1S/C14H11F5OS/c15-21(16,17,18,19)13-8-6-11(7-9-13)10-14(20)12-4-2-1-3-5-12/h1-9H,10H2. The number of rotatable bonds is 4. The van der Waals surface area contributed by atoms with Gasteiger partial charge in [-0.05, 0) is 17.7 Å². The predicted octanol–water partition coefficient (Wildman–Crippen LogP) is 5.77. The highest BCUT2D eigenvalue weighted by atomic mass is 32.5. The van der Waals surface area contributed by atoms with E-state index in [4.69, 9.17) is 0 Å². The zero-order chi connectivity index (χ0) is 15.8. The van der Waals surface area contributed by atoms with Crippen LogP contribution in [0.25, 0.3) is 0 Å². The van der Waals surface area contributed by atoms with Crippen LogP contribution in [-0.2, 0) is 6.42 Å². The van der Waals surface area contributed by atoms with Gasteiger partial charge in [-0.3, -0.25) is 4.79 Å². The summed E-state index contributed by atoms with van der Waals surface area (Å²) in [4.78, 5) is 9.91. The second kappa shape index (κ2) is 4.30. The highest BCUT2D eigenvalue weighted by Crippen LogP contribution is 3.02. The van der Waals surface area contributed by atoms with Crippen LogP contribution in [0.1, 0.15) is 15.9 Å². The molecular weight excluding hydrogens is 311 g/mol. The molecule has 21 heavy (non-hydrogen) atoms.